The molecule has 0 bridgehead atoms. The fraction of sp³-hybridized carbons (Fsp3) is 0.0435. The van der Waals surface area contributed by atoms with E-state index in [9.17, 15) is 13.2 Å². The van der Waals surface area contributed by atoms with E-state index in [-0.39, 0.29) is 16.2 Å². The average Bonchev–Trinajstić information content (AvgIpc) is 3.09. The van der Waals surface area contributed by atoms with Gasteiger partial charge in [0, 0.05) is 5.56 Å². The van der Waals surface area contributed by atoms with Crippen LogP contribution >= 0.6 is 0 Å². The minimum atomic E-state index is -3.97. The number of benzene rings is 3. The normalized spacial score (nSPS) is 15.0. The van der Waals surface area contributed by atoms with Crippen LogP contribution in [0.25, 0.3) is 6.08 Å². The molecule has 0 fully saturated rings. The van der Waals surface area contributed by atoms with Gasteiger partial charge in [-0.05, 0) is 42.8 Å². The van der Waals surface area contributed by atoms with Crippen molar-refractivity contribution in [1.29, 1.82) is 0 Å². The lowest BCUT2D eigenvalue weighted by molar-refractivity contribution is -0.136. The number of carbonyl (C=O) groups is 1. The van der Waals surface area contributed by atoms with Crippen LogP contribution in [0.4, 0.5) is 0 Å². The molecule has 0 unspecified atom stereocenters. The zero-order chi connectivity index (χ0) is 21.1. The summed E-state index contributed by atoms with van der Waals surface area (Å²) in [5.74, 6) is -0.443. The van der Waals surface area contributed by atoms with Crippen LogP contribution in [0.15, 0.2) is 94.5 Å². The van der Waals surface area contributed by atoms with Gasteiger partial charge in [-0.25, -0.2) is 4.79 Å². The van der Waals surface area contributed by atoms with Crippen molar-refractivity contribution in [1.82, 2.24) is 0 Å². The molecule has 0 amide bonds. The number of carbonyl (C=O) groups excluding carboxylic acids is 1. The van der Waals surface area contributed by atoms with Gasteiger partial charge in [-0.3, -0.25) is 0 Å². The number of oxime groups is 1. The highest BCUT2D eigenvalue weighted by Crippen LogP contribution is 2.24. The van der Waals surface area contributed by atoms with Crippen LogP contribution in [-0.4, -0.2) is 20.1 Å². The molecule has 0 aliphatic carbocycles. The summed E-state index contributed by atoms with van der Waals surface area (Å²) in [7, 11) is -3.97. The number of nitrogens with zero attached hydrogens (tertiary/aromatic N) is 1. The predicted molar refractivity (Wildman–Crippen MR) is 112 cm³/mol. The van der Waals surface area contributed by atoms with Gasteiger partial charge in [0.25, 0.3) is 0 Å². The zero-order valence-electron chi connectivity index (χ0n) is 16.0. The molecule has 0 radical (unpaired) electrons. The summed E-state index contributed by atoms with van der Waals surface area (Å²) >= 11 is 0. The minimum Gasteiger partial charge on any atom is -0.379 e. The van der Waals surface area contributed by atoms with Gasteiger partial charge in [0.1, 0.15) is 16.4 Å². The number of aryl methyl sites for hydroxylation is 1. The molecule has 6 nitrogen and oxygen atoms in total. The van der Waals surface area contributed by atoms with Crippen molar-refractivity contribution in [2.75, 3.05) is 0 Å². The lowest BCUT2D eigenvalue weighted by Gasteiger charge is -2.08. The SMILES string of the molecule is Cc1ccc(S(=O)(=O)Oc2cccc(/C=C3/C(=O)ON=C3c3ccccc3)c2)cc1. The van der Waals surface area contributed by atoms with Crippen LogP contribution in [0, 0.1) is 6.92 Å². The van der Waals surface area contributed by atoms with Crippen LogP contribution in [0.5, 0.6) is 5.75 Å². The number of rotatable bonds is 5. The molecule has 30 heavy (non-hydrogen) atoms. The van der Waals surface area contributed by atoms with Gasteiger partial charge in [0.05, 0.1) is 5.57 Å². The third-order valence-electron chi connectivity index (χ3n) is 4.43. The fourth-order valence-electron chi connectivity index (χ4n) is 2.92. The highest BCUT2D eigenvalue weighted by Gasteiger charge is 2.26. The first-order chi connectivity index (χ1) is 14.4. The molecule has 1 aliphatic heterocycles. The number of hydrogen-bond donors (Lipinski definition) is 0. The lowest BCUT2D eigenvalue weighted by atomic mass is 10.0. The van der Waals surface area contributed by atoms with Gasteiger partial charge >= 0.3 is 16.1 Å². The van der Waals surface area contributed by atoms with Crippen molar-refractivity contribution in [2.45, 2.75) is 11.8 Å². The van der Waals surface area contributed by atoms with Gasteiger partial charge < -0.3 is 9.02 Å². The molecule has 3 aromatic rings. The Labute approximate surface area is 174 Å². The van der Waals surface area contributed by atoms with Crippen molar-refractivity contribution in [3.05, 3.63) is 101 Å². The summed E-state index contributed by atoms with van der Waals surface area (Å²) in [5, 5.41) is 3.86. The van der Waals surface area contributed by atoms with Crippen LogP contribution in [0.1, 0.15) is 16.7 Å². The Morgan fingerprint density at radius 1 is 0.933 bits per heavy atom. The summed E-state index contributed by atoms with van der Waals surface area (Å²) in [5.41, 5.74) is 2.95. The summed E-state index contributed by atoms with van der Waals surface area (Å²) in [6.07, 6.45) is 1.59. The highest BCUT2D eigenvalue weighted by molar-refractivity contribution is 7.87. The molecule has 150 valence electrons. The van der Waals surface area contributed by atoms with E-state index in [1.54, 1.807) is 30.3 Å². The second-order valence-corrected chi connectivity index (χ2v) is 8.21. The Kier molecular flexibility index (Phi) is 5.20. The van der Waals surface area contributed by atoms with E-state index in [1.165, 1.54) is 24.3 Å². The molecule has 7 heteroatoms. The summed E-state index contributed by atoms with van der Waals surface area (Å²) in [6, 6.07) is 22.0. The third-order valence-corrected chi connectivity index (χ3v) is 5.69. The molecular formula is C23H17NO5S. The van der Waals surface area contributed by atoms with Gasteiger partial charge in [-0.15, -0.1) is 0 Å². The maximum absolute atomic E-state index is 12.5. The maximum Gasteiger partial charge on any atom is 0.368 e. The molecule has 1 aliphatic rings. The van der Waals surface area contributed by atoms with Crippen molar-refractivity contribution in [3.8, 4) is 5.75 Å². The Morgan fingerprint density at radius 3 is 2.40 bits per heavy atom. The van der Waals surface area contributed by atoms with E-state index < -0.39 is 16.1 Å². The Morgan fingerprint density at radius 2 is 1.67 bits per heavy atom. The molecule has 0 N–H and O–H groups in total. The van der Waals surface area contributed by atoms with Crippen molar-refractivity contribution < 1.29 is 22.2 Å². The number of hydrogen-bond acceptors (Lipinski definition) is 6. The molecule has 3 aromatic carbocycles. The Bertz CT molecular complexity index is 1260. The lowest BCUT2D eigenvalue weighted by Crippen LogP contribution is -2.10. The van der Waals surface area contributed by atoms with E-state index in [2.05, 4.69) is 5.16 Å². The molecular weight excluding hydrogens is 402 g/mol. The summed E-state index contributed by atoms with van der Waals surface area (Å²) < 4.78 is 30.3. The molecule has 0 saturated heterocycles. The first kappa shape index (κ1) is 19.6. The molecule has 0 aromatic heterocycles. The van der Waals surface area contributed by atoms with E-state index in [4.69, 9.17) is 9.02 Å². The maximum atomic E-state index is 12.5. The Balaban J connectivity index is 1.63. The van der Waals surface area contributed by atoms with Gasteiger partial charge in [-0.2, -0.15) is 8.42 Å². The Hall–Kier alpha value is -3.71. The predicted octanol–water partition coefficient (Wildman–Crippen LogP) is 4.11. The standard InChI is InChI=1S/C23H17NO5S/c1-16-10-12-20(13-11-16)30(26,27)29-19-9-5-6-17(14-19)15-21-22(24-28-23(21)25)18-7-3-2-4-8-18/h2-15H,1H3/b21-15+. The quantitative estimate of drug-likeness (QED) is 0.353. The second kappa shape index (κ2) is 7.96. The van der Waals surface area contributed by atoms with Gasteiger partial charge in [-0.1, -0.05) is 65.3 Å². The second-order valence-electron chi connectivity index (χ2n) is 6.67. The molecule has 1 heterocycles. The van der Waals surface area contributed by atoms with Crippen LogP contribution in [0.3, 0.4) is 0 Å². The first-order valence-corrected chi connectivity index (χ1v) is 10.5. The monoisotopic (exact) mass is 419 g/mol. The van der Waals surface area contributed by atoms with Crippen molar-refractivity contribution in [3.63, 3.8) is 0 Å². The van der Waals surface area contributed by atoms with Crippen LogP contribution in [-0.2, 0) is 19.8 Å². The van der Waals surface area contributed by atoms with Crippen LogP contribution in [0.2, 0.25) is 0 Å². The van der Waals surface area contributed by atoms with E-state index in [0.717, 1.165) is 11.1 Å². The zero-order valence-corrected chi connectivity index (χ0v) is 16.8. The highest BCUT2D eigenvalue weighted by atomic mass is 32.2. The largest absolute Gasteiger partial charge is 0.379 e. The molecule has 4 rings (SSSR count). The van der Waals surface area contributed by atoms with Crippen molar-refractivity contribution in [2.24, 2.45) is 5.16 Å². The van der Waals surface area contributed by atoms with Crippen LogP contribution < -0.4 is 4.18 Å². The fourth-order valence-corrected chi connectivity index (χ4v) is 3.84. The van der Waals surface area contributed by atoms with E-state index in [1.807, 2.05) is 37.3 Å². The topological polar surface area (TPSA) is 82.0 Å². The first-order valence-electron chi connectivity index (χ1n) is 9.10. The smallest absolute Gasteiger partial charge is 0.368 e. The van der Waals surface area contributed by atoms with Crippen molar-refractivity contribution >= 4 is 27.9 Å². The average molecular weight is 419 g/mol. The molecule has 0 saturated carbocycles. The third kappa shape index (κ3) is 4.16. The molecule has 0 spiro atoms. The van der Waals surface area contributed by atoms with E-state index >= 15 is 0 Å². The van der Waals surface area contributed by atoms with E-state index in [0.29, 0.717) is 11.3 Å². The van der Waals surface area contributed by atoms with Gasteiger partial charge in [0.2, 0.25) is 0 Å². The molecule has 0 atom stereocenters. The summed E-state index contributed by atoms with van der Waals surface area (Å²) in [4.78, 5) is 17.1. The minimum absolute atomic E-state index is 0.0646. The van der Waals surface area contributed by atoms with Gasteiger partial charge in [0.15, 0.2) is 0 Å². The summed E-state index contributed by atoms with van der Waals surface area (Å²) in [6.45, 7) is 1.87.